The Kier molecular flexibility index (Phi) is 10.2. The first kappa shape index (κ1) is 15.2. The molecule has 0 N–H and O–H groups in total. The molecule has 2 nitrogen and oxygen atoms in total. The Hall–Kier alpha value is -0.790. The molecule has 0 spiro atoms. The maximum atomic E-state index is 11.2. The number of esters is 1. The third kappa shape index (κ3) is 8.51. The van der Waals surface area contributed by atoms with Crippen LogP contribution in [0.2, 0.25) is 0 Å². The summed E-state index contributed by atoms with van der Waals surface area (Å²) in [4.78, 5) is 11.2. The second kappa shape index (κ2) is 10.7. The van der Waals surface area contributed by atoms with Gasteiger partial charge in [0.25, 0.3) is 0 Å². The second-order valence-electron chi connectivity index (χ2n) is 4.07. The molecule has 0 unspecified atom stereocenters. The van der Waals surface area contributed by atoms with Crippen LogP contribution in [0.3, 0.4) is 0 Å². The van der Waals surface area contributed by atoms with Crippen molar-refractivity contribution >= 4 is 5.97 Å². The molecule has 0 saturated heterocycles. The lowest BCUT2D eigenvalue weighted by atomic mass is 10.0. The van der Waals surface area contributed by atoms with E-state index in [2.05, 4.69) is 13.8 Å². The maximum absolute atomic E-state index is 11.2. The van der Waals surface area contributed by atoms with Crippen LogP contribution >= 0.6 is 0 Å². The van der Waals surface area contributed by atoms with E-state index in [-0.39, 0.29) is 5.97 Å². The molecule has 0 aromatic rings. The van der Waals surface area contributed by atoms with Crippen LogP contribution in [0.4, 0.5) is 0 Å². The van der Waals surface area contributed by atoms with Gasteiger partial charge in [-0.25, -0.2) is 4.79 Å². The van der Waals surface area contributed by atoms with Gasteiger partial charge in [0.1, 0.15) is 0 Å². The Morgan fingerprint density at radius 2 is 1.75 bits per heavy atom. The summed E-state index contributed by atoms with van der Waals surface area (Å²) in [5.74, 6) is -0.187. The van der Waals surface area contributed by atoms with Crippen LogP contribution in [-0.4, -0.2) is 12.6 Å². The fourth-order valence-corrected chi connectivity index (χ4v) is 1.66. The highest BCUT2D eigenvalue weighted by molar-refractivity contribution is 5.82. The zero-order valence-electron chi connectivity index (χ0n) is 11.1. The summed E-state index contributed by atoms with van der Waals surface area (Å²) < 4.78 is 4.90. The van der Waals surface area contributed by atoms with Crippen molar-refractivity contribution in [3.05, 3.63) is 11.6 Å². The summed E-state index contributed by atoms with van der Waals surface area (Å²) in [5, 5.41) is 0. The average molecular weight is 226 g/mol. The molecule has 0 bridgehead atoms. The lowest BCUT2D eigenvalue weighted by Gasteiger charge is -2.04. The molecule has 0 atom stereocenters. The predicted octanol–water partition coefficient (Wildman–Crippen LogP) is 4.25. The molecule has 0 aliphatic carbocycles. The molecule has 94 valence electrons. The molecular weight excluding hydrogens is 200 g/mol. The molecule has 2 heteroatoms. The van der Waals surface area contributed by atoms with Crippen molar-refractivity contribution < 1.29 is 9.53 Å². The van der Waals surface area contributed by atoms with E-state index >= 15 is 0 Å². The number of carbonyl (C=O) groups excluding carboxylic acids is 1. The fourth-order valence-electron chi connectivity index (χ4n) is 1.66. The average Bonchev–Trinajstić information content (AvgIpc) is 2.27. The topological polar surface area (TPSA) is 26.3 Å². The number of carbonyl (C=O) groups is 1. The van der Waals surface area contributed by atoms with Crippen LogP contribution in [0, 0.1) is 0 Å². The van der Waals surface area contributed by atoms with Gasteiger partial charge in [0.2, 0.25) is 0 Å². The lowest BCUT2D eigenvalue weighted by Crippen LogP contribution is -2.01. The van der Waals surface area contributed by atoms with Crippen molar-refractivity contribution in [1.29, 1.82) is 0 Å². The van der Waals surface area contributed by atoms with Crippen LogP contribution in [0.25, 0.3) is 0 Å². The zero-order chi connectivity index (χ0) is 12.2. The smallest absolute Gasteiger partial charge is 0.330 e. The van der Waals surface area contributed by atoms with E-state index in [4.69, 9.17) is 4.74 Å². The minimum Gasteiger partial charge on any atom is -0.463 e. The van der Waals surface area contributed by atoms with Crippen molar-refractivity contribution in [2.45, 2.75) is 65.7 Å². The second-order valence-corrected chi connectivity index (χ2v) is 4.07. The van der Waals surface area contributed by atoms with Crippen LogP contribution in [0.5, 0.6) is 0 Å². The molecule has 0 aromatic heterocycles. The summed E-state index contributed by atoms with van der Waals surface area (Å²) in [6.07, 6.45) is 10.0. The largest absolute Gasteiger partial charge is 0.463 e. The minimum absolute atomic E-state index is 0.187. The first-order valence-electron chi connectivity index (χ1n) is 6.60. The van der Waals surface area contributed by atoms with Gasteiger partial charge in [0.05, 0.1) is 6.61 Å². The molecule has 0 rings (SSSR count). The van der Waals surface area contributed by atoms with Gasteiger partial charge in [-0.2, -0.15) is 0 Å². The third-order valence-corrected chi connectivity index (χ3v) is 2.66. The van der Waals surface area contributed by atoms with Gasteiger partial charge in [-0.3, -0.25) is 0 Å². The molecule has 0 saturated carbocycles. The summed E-state index contributed by atoms with van der Waals surface area (Å²) in [5.41, 5.74) is 1.22. The van der Waals surface area contributed by atoms with E-state index in [9.17, 15) is 4.79 Å². The van der Waals surface area contributed by atoms with Gasteiger partial charge in [0, 0.05) is 6.08 Å². The normalized spacial score (nSPS) is 11.6. The van der Waals surface area contributed by atoms with Crippen molar-refractivity contribution in [1.82, 2.24) is 0 Å². The third-order valence-electron chi connectivity index (χ3n) is 2.66. The van der Waals surface area contributed by atoms with Gasteiger partial charge < -0.3 is 4.74 Å². The Bertz CT molecular complexity index is 207. The summed E-state index contributed by atoms with van der Waals surface area (Å²) in [7, 11) is 0. The maximum Gasteiger partial charge on any atom is 0.330 e. The number of hydrogen-bond acceptors (Lipinski definition) is 2. The highest BCUT2D eigenvalue weighted by atomic mass is 16.5. The van der Waals surface area contributed by atoms with Gasteiger partial charge in [-0.1, -0.05) is 45.1 Å². The number of allylic oxidation sites excluding steroid dienone is 1. The fraction of sp³-hybridized carbons (Fsp3) is 0.786. The van der Waals surface area contributed by atoms with Gasteiger partial charge in [-0.15, -0.1) is 0 Å². The van der Waals surface area contributed by atoms with Crippen LogP contribution in [0.1, 0.15) is 65.7 Å². The van der Waals surface area contributed by atoms with E-state index in [1.54, 1.807) is 6.08 Å². The van der Waals surface area contributed by atoms with Crippen molar-refractivity contribution in [3.63, 3.8) is 0 Å². The Balaban J connectivity index is 3.77. The van der Waals surface area contributed by atoms with Crippen molar-refractivity contribution in [2.75, 3.05) is 6.61 Å². The molecule has 16 heavy (non-hydrogen) atoms. The number of ether oxygens (including phenoxy) is 1. The monoisotopic (exact) mass is 226 g/mol. The number of unbranched alkanes of at least 4 members (excludes halogenated alkanes) is 4. The quantitative estimate of drug-likeness (QED) is 0.334. The van der Waals surface area contributed by atoms with E-state index in [1.165, 1.54) is 37.7 Å². The van der Waals surface area contributed by atoms with Crippen LogP contribution in [0.15, 0.2) is 11.6 Å². The Morgan fingerprint density at radius 3 is 2.31 bits per heavy atom. The predicted molar refractivity (Wildman–Crippen MR) is 68.4 cm³/mol. The van der Waals surface area contributed by atoms with Gasteiger partial charge >= 0.3 is 5.97 Å². The van der Waals surface area contributed by atoms with Gasteiger partial charge in [-0.05, 0) is 26.2 Å². The summed E-state index contributed by atoms with van der Waals surface area (Å²) >= 11 is 0. The van der Waals surface area contributed by atoms with Crippen molar-refractivity contribution in [2.24, 2.45) is 0 Å². The van der Waals surface area contributed by atoms with E-state index in [0.29, 0.717) is 6.61 Å². The lowest BCUT2D eigenvalue weighted by molar-refractivity contribution is -0.137. The highest BCUT2D eigenvalue weighted by Gasteiger charge is 2.00. The summed E-state index contributed by atoms with van der Waals surface area (Å²) in [6.45, 7) is 6.61. The SMILES string of the molecule is CCCCCCCC(=CC(=O)OCC)CC. The number of rotatable bonds is 9. The standard InChI is InChI=1S/C14H26O2/c1-4-7-8-9-10-11-13(5-2)12-14(15)16-6-3/h12H,4-11H2,1-3H3. The molecule has 0 amide bonds. The van der Waals surface area contributed by atoms with E-state index in [0.717, 1.165) is 12.8 Å². The molecule has 0 aliphatic heterocycles. The Labute approximate surface area is 100 Å². The number of hydrogen-bond donors (Lipinski definition) is 0. The molecule has 0 heterocycles. The first-order valence-corrected chi connectivity index (χ1v) is 6.60. The molecule has 0 fully saturated rings. The zero-order valence-corrected chi connectivity index (χ0v) is 11.1. The van der Waals surface area contributed by atoms with Crippen LogP contribution in [-0.2, 0) is 9.53 Å². The molecule has 0 aromatic carbocycles. The molecule has 0 aliphatic rings. The van der Waals surface area contributed by atoms with Gasteiger partial charge in [0.15, 0.2) is 0 Å². The first-order chi connectivity index (χ1) is 7.74. The van der Waals surface area contributed by atoms with Crippen LogP contribution < -0.4 is 0 Å². The Morgan fingerprint density at radius 1 is 1.06 bits per heavy atom. The minimum atomic E-state index is -0.187. The van der Waals surface area contributed by atoms with E-state index < -0.39 is 0 Å². The molecular formula is C14H26O2. The van der Waals surface area contributed by atoms with Crippen molar-refractivity contribution in [3.8, 4) is 0 Å². The molecule has 0 radical (unpaired) electrons. The highest BCUT2D eigenvalue weighted by Crippen LogP contribution is 2.13. The van der Waals surface area contributed by atoms with E-state index in [1.807, 2.05) is 6.92 Å². The summed E-state index contributed by atoms with van der Waals surface area (Å²) in [6, 6.07) is 0.